The fourth-order valence-electron chi connectivity index (χ4n) is 1.20. The van der Waals surface area contributed by atoms with E-state index in [0.717, 1.165) is 32.5 Å². The van der Waals surface area contributed by atoms with Gasteiger partial charge in [0.1, 0.15) is 0 Å². The zero-order valence-corrected chi connectivity index (χ0v) is 7.71. The first-order valence-corrected chi connectivity index (χ1v) is 4.45. The molecule has 0 saturated heterocycles. The predicted molar refractivity (Wildman–Crippen MR) is 49.2 cm³/mol. The summed E-state index contributed by atoms with van der Waals surface area (Å²) in [6.45, 7) is 7.07. The van der Waals surface area contributed by atoms with Gasteiger partial charge in [-0.05, 0) is 32.5 Å². The number of hydrogen-bond donors (Lipinski definition) is 2. The smallest absolute Gasteiger partial charge is 0.0571 e. The van der Waals surface area contributed by atoms with Crippen molar-refractivity contribution >= 4 is 0 Å². The third-order valence-electron chi connectivity index (χ3n) is 1.99. The van der Waals surface area contributed by atoms with Crippen LogP contribution in [0.1, 0.15) is 26.7 Å². The lowest BCUT2D eigenvalue weighted by molar-refractivity contribution is 0.209. The van der Waals surface area contributed by atoms with Crippen LogP contribution in [0, 0.1) is 0 Å². The van der Waals surface area contributed by atoms with Crippen LogP contribution < -0.4 is 11.5 Å². The van der Waals surface area contributed by atoms with E-state index in [4.69, 9.17) is 11.5 Å². The van der Waals surface area contributed by atoms with Crippen molar-refractivity contribution in [2.45, 2.75) is 32.9 Å². The molecule has 0 rings (SSSR count). The first-order chi connectivity index (χ1) is 5.26. The Morgan fingerprint density at radius 3 is 2.18 bits per heavy atom. The van der Waals surface area contributed by atoms with Crippen molar-refractivity contribution in [3.8, 4) is 0 Å². The monoisotopic (exact) mass is 159 g/mol. The van der Waals surface area contributed by atoms with E-state index in [1.54, 1.807) is 0 Å². The van der Waals surface area contributed by atoms with E-state index in [0.29, 0.717) is 0 Å². The zero-order chi connectivity index (χ0) is 8.69. The van der Waals surface area contributed by atoms with Crippen LogP contribution in [0.5, 0.6) is 0 Å². The van der Waals surface area contributed by atoms with Gasteiger partial charge >= 0.3 is 0 Å². The molecule has 1 atom stereocenters. The molecule has 11 heavy (non-hydrogen) atoms. The number of hydrogen-bond acceptors (Lipinski definition) is 3. The van der Waals surface area contributed by atoms with Crippen LogP contribution in [-0.4, -0.2) is 30.7 Å². The highest BCUT2D eigenvalue weighted by Crippen LogP contribution is 1.99. The van der Waals surface area contributed by atoms with Gasteiger partial charge in [-0.25, -0.2) is 0 Å². The molecule has 4 N–H and O–H groups in total. The maximum atomic E-state index is 5.90. The van der Waals surface area contributed by atoms with E-state index in [9.17, 15) is 0 Å². The van der Waals surface area contributed by atoms with Gasteiger partial charge in [-0.15, -0.1) is 0 Å². The van der Waals surface area contributed by atoms with Crippen molar-refractivity contribution in [3.05, 3.63) is 0 Å². The van der Waals surface area contributed by atoms with Crippen LogP contribution in [0.3, 0.4) is 0 Å². The normalized spacial score (nSPS) is 13.9. The maximum absolute atomic E-state index is 5.90. The summed E-state index contributed by atoms with van der Waals surface area (Å²) in [6, 6.07) is 0. The standard InChI is InChI=1S/C8H21N3/c1-3-11(4-2)8(10)6-5-7-9/h8H,3-7,9-10H2,1-2H3. The van der Waals surface area contributed by atoms with Crippen LogP contribution in [0.2, 0.25) is 0 Å². The van der Waals surface area contributed by atoms with E-state index in [2.05, 4.69) is 18.7 Å². The molecule has 0 amide bonds. The molecular weight excluding hydrogens is 138 g/mol. The van der Waals surface area contributed by atoms with Crippen molar-refractivity contribution in [1.82, 2.24) is 4.90 Å². The average molecular weight is 159 g/mol. The van der Waals surface area contributed by atoms with E-state index >= 15 is 0 Å². The molecule has 0 spiro atoms. The maximum Gasteiger partial charge on any atom is 0.0571 e. The Bertz CT molecular complexity index is 81.4. The molecule has 0 saturated carbocycles. The van der Waals surface area contributed by atoms with Crippen molar-refractivity contribution in [2.24, 2.45) is 11.5 Å². The second-order valence-electron chi connectivity index (χ2n) is 2.72. The van der Waals surface area contributed by atoms with Gasteiger partial charge in [-0.3, -0.25) is 4.90 Å². The third-order valence-corrected chi connectivity index (χ3v) is 1.99. The van der Waals surface area contributed by atoms with Crippen molar-refractivity contribution < 1.29 is 0 Å². The van der Waals surface area contributed by atoms with Crippen molar-refractivity contribution in [3.63, 3.8) is 0 Å². The summed E-state index contributed by atoms with van der Waals surface area (Å²) in [5.41, 5.74) is 11.3. The lowest BCUT2D eigenvalue weighted by Crippen LogP contribution is -2.41. The van der Waals surface area contributed by atoms with Crippen molar-refractivity contribution in [1.29, 1.82) is 0 Å². The lowest BCUT2D eigenvalue weighted by atomic mass is 10.2. The highest BCUT2D eigenvalue weighted by molar-refractivity contribution is 4.62. The van der Waals surface area contributed by atoms with Crippen LogP contribution in [-0.2, 0) is 0 Å². The molecule has 0 aromatic carbocycles. The average Bonchev–Trinajstić information content (AvgIpc) is 2.03. The predicted octanol–water partition coefficient (Wildman–Crippen LogP) is 0.352. The molecule has 0 aliphatic heterocycles. The highest BCUT2D eigenvalue weighted by atomic mass is 15.2. The molecule has 0 heterocycles. The first-order valence-electron chi connectivity index (χ1n) is 4.45. The molecule has 0 aromatic rings. The molecule has 0 aromatic heterocycles. The second-order valence-corrected chi connectivity index (χ2v) is 2.72. The molecule has 3 nitrogen and oxygen atoms in total. The van der Waals surface area contributed by atoms with Gasteiger partial charge in [0.15, 0.2) is 0 Å². The van der Waals surface area contributed by atoms with Gasteiger partial charge in [-0.1, -0.05) is 13.8 Å². The zero-order valence-electron chi connectivity index (χ0n) is 7.71. The summed E-state index contributed by atoms with van der Waals surface area (Å²) in [6.07, 6.45) is 2.24. The van der Waals surface area contributed by atoms with Gasteiger partial charge in [-0.2, -0.15) is 0 Å². The Morgan fingerprint density at radius 2 is 1.82 bits per heavy atom. The van der Waals surface area contributed by atoms with Crippen LogP contribution in [0.15, 0.2) is 0 Å². The Hall–Kier alpha value is -0.120. The van der Waals surface area contributed by atoms with Gasteiger partial charge in [0.25, 0.3) is 0 Å². The number of nitrogens with two attached hydrogens (primary N) is 2. The largest absolute Gasteiger partial charge is 0.330 e. The molecule has 3 heteroatoms. The number of rotatable bonds is 6. The van der Waals surface area contributed by atoms with Gasteiger partial charge in [0.2, 0.25) is 0 Å². The minimum Gasteiger partial charge on any atom is -0.330 e. The first kappa shape index (κ1) is 10.9. The molecule has 0 fully saturated rings. The molecule has 0 aliphatic carbocycles. The Labute approximate surface area is 69.7 Å². The van der Waals surface area contributed by atoms with E-state index in [1.807, 2.05) is 0 Å². The van der Waals surface area contributed by atoms with Crippen LogP contribution in [0.25, 0.3) is 0 Å². The fraction of sp³-hybridized carbons (Fsp3) is 1.00. The summed E-state index contributed by atoms with van der Waals surface area (Å²) in [7, 11) is 0. The van der Waals surface area contributed by atoms with Gasteiger partial charge < -0.3 is 11.5 Å². The Kier molecular flexibility index (Phi) is 6.51. The van der Waals surface area contributed by atoms with E-state index in [1.165, 1.54) is 0 Å². The van der Waals surface area contributed by atoms with Gasteiger partial charge in [0, 0.05) is 0 Å². The third kappa shape index (κ3) is 4.35. The molecular formula is C8H21N3. The summed E-state index contributed by atoms with van der Waals surface area (Å²) in [4.78, 5) is 2.25. The summed E-state index contributed by atoms with van der Waals surface area (Å²) >= 11 is 0. The Morgan fingerprint density at radius 1 is 1.27 bits per heavy atom. The SMILES string of the molecule is CCN(CC)C(N)CCCN. The van der Waals surface area contributed by atoms with E-state index in [-0.39, 0.29) is 6.17 Å². The van der Waals surface area contributed by atoms with Crippen molar-refractivity contribution in [2.75, 3.05) is 19.6 Å². The summed E-state index contributed by atoms with van der Waals surface area (Å²) in [5.74, 6) is 0. The summed E-state index contributed by atoms with van der Waals surface area (Å²) in [5, 5.41) is 0. The van der Waals surface area contributed by atoms with Crippen LogP contribution in [0.4, 0.5) is 0 Å². The van der Waals surface area contributed by atoms with E-state index < -0.39 is 0 Å². The highest BCUT2D eigenvalue weighted by Gasteiger charge is 2.08. The summed E-state index contributed by atoms with van der Waals surface area (Å²) < 4.78 is 0. The fourth-order valence-corrected chi connectivity index (χ4v) is 1.20. The lowest BCUT2D eigenvalue weighted by Gasteiger charge is -2.25. The van der Waals surface area contributed by atoms with Gasteiger partial charge in [0.05, 0.1) is 6.17 Å². The molecule has 0 aliphatic rings. The molecule has 1 unspecified atom stereocenters. The molecule has 0 bridgehead atoms. The minimum absolute atomic E-state index is 0.202. The van der Waals surface area contributed by atoms with Crippen LogP contribution >= 0.6 is 0 Å². The second kappa shape index (κ2) is 6.58. The molecule has 0 radical (unpaired) electrons. The number of nitrogens with zero attached hydrogens (tertiary/aromatic N) is 1. The Balaban J connectivity index is 3.51. The minimum atomic E-state index is 0.202. The topological polar surface area (TPSA) is 55.3 Å². The molecule has 68 valence electrons. The quantitative estimate of drug-likeness (QED) is 0.550.